The van der Waals surface area contributed by atoms with Crippen LogP contribution in [0.4, 0.5) is 5.69 Å². The van der Waals surface area contributed by atoms with Crippen LogP contribution in [-0.4, -0.2) is 19.9 Å². The van der Waals surface area contributed by atoms with Crippen molar-refractivity contribution < 1.29 is 9.84 Å². The zero-order valence-electron chi connectivity index (χ0n) is 11.1. The molecule has 3 N–H and O–H groups in total. The van der Waals surface area contributed by atoms with Crippen molar-refractivity contribution in [1.82, 2.24) is 14.8 Å². The number of nitrogens with zero attached hydrogens (tertiary/aromatic N) is 3. The highest BCUT2D eigenvalue weighted by Gasteiger charge is 2.09. The number of benzene rings is 1. The first-order valence-corrected chi connectivity index (χ1v) is 6.15. The number of phenolic OH excluding ortho intramolecular Hbond substituents is 1. The van der Waals surface area contributed by atoms with E-state index in [0.717, 1.165) is 12.4 Å². The molecule has 6 nitrogen and oxygen atoms in total. The molecule has 2 rings (SSSR count). The molecule has 1 aromatic heterocycles. The maximum Gasteiger partial charge on any atom is 0.164 e. The Morgan fingerprint density at radius 1 is 1.42 bits per heavy atom. The third-order valence-corrected chi connectivity index (χ3v) is 2.63. The largest absolute Gasteiger partial charge is 0.506 e. The number of ether oxygens (including phenoxy) is 1. The van der Waals surface area contributed by atoms with E-state index in [4.69, 9.17) is 10.5 Å². The molecule has 1 aromatic carbocycles. The van der Waals surface area contributed by atoms with Crippen LogP contribution in [0, 0.1) is 5.92 Å². The number of nitrogens with two attached hydrogens (primary N) is 1. The number of hydrogen-bond donors (Lipinski definition) is 2. The van der Waals surface area contributed by atoms with Crippen molar-refractivity contribution in [2.24, 2.45) is 5.92 Å². The van der Waals surface area contributed by atoms with Gasteiger partial charge in [0.25, 0.3) is 0 Å². The highest BCUT2D eigenvalue weighted by molar-refractivity contribution is 5.61. The molecule has 6 heteroatoms. The molecule has 0 spiro atoms. The third-order valence-electron chi connectivity index (χ3n) is 2.63. The molecule has 0 saturated carbocycles. The summed E-state index contributed by atoms with van der Waals surface area (Å²) in [5.74, 6) is 1.67. The van der Waals surface area contributed by atoms with Crippen LogP contribution in [0.25, 0.3) is 0 Å². The standard InChI is InChI=1S/C13H18N4O2/c1-9(2)6-17-12(15-8-16-17)7-19-11-5-3-4-10(18)13(11)14/h3-5,8-9,18H,6-7,14H2,1-2H3. The number of aromatic nitrogens is 3. The Hall–Kier alpha value is -2.24. The number of aromatic hydroxyl groups is 1. The van der Waals surface area contributed by atoms with Gasteiger partial charge in [0.15, 0.2) is 5.82 Å². The molecule has 0 aliphatic carbocycles. The lowest BCUT2D eigenvalue weighted by molar-refractivity contribution is 0.283. The molecule has 0 fully saturated rings. The van der Waals surface area contributed by atoms with Crippen molar-refractivity contribution in [3.05, 3.63) is 30.4 Å². The summed E-state index contributed by atoms with van der Waals surface area (Å²) in [7, 11) is 0. The van der Waals surface area contributed by atoms with Gasteiger partial charge in [0, 0.05) is 6.54 Å². The van der Waals surface area contributed by atoms with Gasteiger partial charge in [-0.15, -0.1) is 0 Å². The van der Waals surface area contributed by atoms with Gasteiger partial charge in [-0.05, 0) is 18.1 Å². The number of hydrogen-bond acceptors (Lipinski definition) is 5. The molecule has 2 aromatic rings. The number of anilines is 1. The van der Waals surface area contributed by atoms with E-state index >= 15 is 0 Å². The summed E-state index contributed by atoms with van der Waals surface area (Å²) < 4.78 is 7.39. The predicted molar refractivity (Wildman–Crippen MR) is 71.7 cm³/mol. The van der Waals surface area contributed by atoms with Gasteiger partial charge in [-0.25, -0.2) is 9.67 Å². The molecule has 0 aliphatic rings. The third kappa shape index (κ3) is 3.15. The Bertz CT molecular complexity index is 551. The fourth-order valence-electron chi connectivity index (χ4n) is 1.70. The number of phenols is 1. The minimum absolute atomic E-state index is 0.0150. The molecule has 0 bridgehead atoms. The van der Waals surface area contributed by atoms with Gasteiger partial charge < -0.3 is 15.6 Å². The van der Waals surface area contributed by atoms with Crippen molar-refractivity contribution in [3.63, 3.8) is 0 Å². The maximum absolute atomic E-state index is 9.49. The Labute approximate surface area is 111 Å². The van der Waals surface area contributed by atoms with Crippen LogP contribution >= 0.6 is 0 Å². The SMILES string of the molecule is CC(C)Cn1ncnc1COc1cccc(O)c1N. The van der Waals surface area contributed by atoms with Crippen LogP contribution in [0.5, 0.6) is 11.5 Å². The average molecular weight is 262 g/mol. The molecular weight excluding hydrogens is 244 g/mol. The van der Waals surface area contributed by atoms with E-state index < -0.39 is 0 Å². The van der Waals surface area contributed by atoms with Gasteiger partial charge in [-0.3, -0.25) is 0 Å². The van der Waals surface area contributed by atoms with Crippen molar-refractivity contribution in [2.45, 2.75) is 27.0 Å². The topological polar surface area (TPSA) is 86.2 Å². The second-order valence-corrected chi connectivity index (χ2v) is 4.73. The molecule has 19 heavy (non-hydrogen) atoms. The summed E-state index contributed by atoms with van der Waals surface area (Å²) in [5, 5.41) is 13.6. The predicted octanol–water partition coefficient (Wildman–Crippen LogP) is 1.80. The first-order chi connectivity index (χ1) is 9.08. The van der Waals surface area contributed by atoms with Crippen LogP contribution in [0.1, 0.15) is 19.7 Å². The molecular formula is C13H18N4O2. The minimum Gasteiger partial charge on any atom is -0.506 e. The molecule has 0 amide bonds. The molecule has 0 saturated heterocycles. The van der Waals surface area contributed by atoms with Crippen LogP contribution in [0.2, 0.25) is 0 Å². The Kier molecular flexibility index (Phi) is 3.89. The van der Waals surface area contributed by atoms with E-state index in [-0.39, 0.29) is 18.0 Å². The van der Waals surface area contributed by atoms with E-state index in [1.54, 1.807) is 12.1 Å². The maximum atomic E-state index is 9.49. The molecule has 1 heterocycles. The Morgan fingerprint density at radius 2 is 2.21 bits per heavy atom. The first-order valence-electron chi connectivity index (χ1n) is 6.15. The van der Waals surface area contributed by atoms with Crippen LogP contribution in [0.15, 0.2) is 24.5 Å². The van der Waals surface area contributed by atoms with E-state index in [0.29, 0.717) is 11.7 Å². The fraction of sp³-hybridized carbons (Fsp3) is 0.385. The second-order valence-electron chi connectivity index (χ2n) is 4.73. The summed E-state index contributed by atoms with van der Waals surface area (Å²) in [6.45, 7) is 5.27. The highest BCUT2D eigenvalue weighted by atomic mass is 16.5. The molecule has 0 unspecified atom stereocenters. The molecule has 0 aliphatic heterocycles. The van der Waals surface area contributed by atoms with Crippen molar-refractivity contribution >= 4 is 5.69 Å². The van der Waals surface area contributed by atoms with Crippen molar-refractivity contribution in [2.75, 3.05) is 5.73 Å². The zero-order valence-corrected chi connectivity index (χ0v) is 11.1. The fourth-order valence-corrected chi connectivity index (χ4v) is 1.70. The van der Waals surface area contributed by atoms with Gasteiger partial charge in [-0.1, -0.05) is 19.9 Å². The molecule has 102 valence electrons. The summed E-state index contributed by atoms with van der Waals surface area (Å²) in [4.78, 5) is 4.16. The summed E-state index contributed by atoms with van der Waals surface area (Å²) in [6.07, 6.45) is 1.51. The van der Waals surface area contributed by atoms with E-state index in [2.05, 4.69) is 23.9 Å². The summed E-state index contributed by atoms with van der Waals surface area (Å²) in [6, 6.07) is 4.90. The van der Waals surface area contributed by atoms with E-state index in [9.17, 15) is 5.11 Å². The van der Waals surface area contributed by atoms with Crippen LogP contribution in [0.3, 0.4) is 0 Å². The first kappa shape index (κ1) is 13.2. The highest BCUT2D eigenvalue weighted by Crippen LogP contribution is 2.30. The smallest absolute Gasteiger partial charge is 0.164 e. The van der Waals surface area contributed by atoms with E-state index in [1.807, 2.05) is 4.68 Å². The van der Waals surface area contributed by atoms with Gasteiger partial charge in [0.1, 0.15) is 30.1 Å². The van der Waals surface area contributed by atoms with Crippen LogP contribution in [-0.2, 0) is 13.2 Å². The lowest BCUT2D eigenvalue weighted by atomic mass is 10.2. The quantitative estimate of drug-likeness (QED) is 0.634. The zero-order chi connectivity index (χ0) is 13.8. The monoisotopic (exact) mass is 262 g/mol. The minimum atomic E-state index is 0.0150. The van der Waals surface area contributed by atoms with Gasteiger partial charge in [0.2, 0.25) is 0 Å². The average Bonchev–Trinajstić information content (AvgIpc) is 2.78. The van der Waals surface area contributed by atoms with Crippen molar-refractivity contribution in [3.8, 4) is 11.5 Å². The van der Waals surface area contributed by atoms with Gasteiger partial charge in [0.05, 0.1) is 0 Å². The summed E-state index contributed by atoms with van der Waals surface area (Å²) in [5.41, 5.74) is 5.96. The molecule has 0 atom stereocenters. The summed E-state index contributed by atoms with van der Waals surface area (Å²) >= 11 is 0. The Morgan fingerprint density at radius 3 is 2.95 bits per heavy atom. The normalized spacial score (nSPS) is 10.9. The van der Waals surface area contributed by atoms with Gasteiger partial charge >= 0.3 is 0 Å². The molecule has 0 radical (unpaired) electrons. The van der Waals surface area contributed by atoms with Gasteiger partial charge in [-0.2, -0.15) is 5.10 Å². The number of nitrogen functional groups attached to an aromatic ring is 1. The lowest BCUT2D eigenvalue weighted by Gasteiger charge is -2.11. The van der Waals surface area contributed by atoms with Crippen molar-refractivity contribution in [1.29, 1.82) is 0 Å². The second kappa shape index (κ2) is 5.60. The van der Waals surface area contributed by atoms with Crippen LogP contribution < -0.4 is 10.5 Å². The number of para-hydroxylation sites is 1. The number of rotatable bonds is 5. The van der Waals surface area contributed by atoms with E-state index in [1.165, 1.54) is 12.4 Å². The lowest BCUT2D eigenvalue weighted by Crippen LogP contribution is -2.12. The Balaban J connectivity index is 2.06.